The molecule has 0 unspecified atom stereocenters. The molecule has 3 aromatic carbocycles. The third-order valence-corrected chi connectivity index (χ3v) is 6.39. The lowest BCUT2D eigenvalue weighted by molar-refractivity contribution is 0.0823. The van der Waals surface area contributed by atoms with Gasteiger partial charge in [0.15, 0.2) is 11.5 Å². The molecule has 0 aliphatic heterocycles. The van der Waals surface area contributed by atoms with Crippen LogP contribution in [0.4, 0.5) is 5.82 Å². The van der Waals surface area contributed by atoms with Crippen LogP contribution < -0.4 is 15.4 Å². The van der Waals surface area contributed by atoms with Gasteiger partial charge >= 0.3 is 0 Å². The smallest absolute Gasteiger partial charge is 0.165 e. The molecule has 3 N–H and O–H groups in total. The molecule has 0 radical (unpaired) electrons. The normalized spacial score (nSPS) is 12.8. The van der Waals surface area contributed by atoms with Gasteiger partial charge in [-0.15, -0.1) is 0 Å². The van der Waals surface area contributed by atoms with E-state index in [0.29, 0.717) is 6.54 Å². The highest BCUT2D eigenvalue weighted by molar-refractivity contribution is 5.82. The van der Waals surface area contributed by atoms with Gasteiger partial charge in [-0.25, -0.2) is 15.0 Å². The van der Waals surface area contributed by atoms with Crippen molar-refractivity contribution in [2.75, 3.05) is 18.5 Å². The second kappa shape index (κ2) is 12.8. The number of hydrogen-bond donors (Lipinski definition) is 3. The van der Waals surface area contributed by atoms with Crippen molar-refractivity contribution in [3.8, 4) is 5.75 Å². The zero-order chi connectivity index (χ0) is 26.0. The predicted molar refractivity (Wildman–Crippen MR) is 149 cm³/mol. The van der Waals surface area contributed by atoms with E-state index in [1.54, 1.807) is 6.33 Å². The van der Waals surface area contributed by atoms with Crippen molar-refractivity contribution >= 4 is 17.0 Å². The molecule has 194 valence electrons. The van der Waals surface area contributed by atoms with Gasteiger partial charge in [0.2, 0.25) is 0 Å². The number of aliphatic hydroxyl groups is 1. The second-order valence-corrected chi connectivity index (χ2v) is 9.02. The Balaban J connectivity index is 1.22. The number of nitrogens with one attached hydrogen (secondary N) is 2. The van der Waals surface area contributed by atoms with Crippen molar-refractivity contribution < 1.29 is 9.84 Å². The molecule has 5 rings (SSSR count). The van der Waals surface area contributed by atoms with Crippen LogP contribution in [0.3, 0.4) is 0 Å². The van der Waals surface area contributed by atoms with Crippen molar-refractivity contribution in [3.63, 3.8) is 0 Å². The van der Waals surface area contributed by atoms with Gasteiger partial charge in [-0.05, 0) is 36.2 Å². The molecule has 0 fully saturated rings. The second-order valence-electron chi connectivity index (χ2n) is 9.02. The average molecular weight is 509 g/mol. The van der Waals surface area contributed by atoms with E-state index in [2.05, 4.69) is 49.9 Å². The number of aryl methyl sites for hydroxylation is 1. The number of fused-ring (bicyclic) bond motifs is 1. The standard InChI is InChI=1S/C30H32N6O2/c37-20-26(38-25-15-8-3-9-16-25)27(24-13-6-2-7-14-24)31-17-10-18-36-22-35-28-29(33-21-34-30(28)36)32-19-23-11-4-1-5-12-23/h1-9,11-16,21-22,26-27,31,37H,10,17-20H2,(H,32,33,34)/t26-,27-/m1/s1. The van der Waals surface area contributed by atoms with E-state index >= 15 is 0 Å². The van der Waals surface area contributed by atoms with Gasteiger partial charge in [-0.1, -0.05) is 78.9 Å². The van der Waals surface area contributed by atoms with Crippen LogP contribution >= 0.6 is 0 Å². The Morgan fingerprint density at radius 2 is 1.55 bits per heavy atom. The summed E-state index contributed by atoms with van der Waals surface area (Å²) < 4.78 is 8.21. The van der Waals surface area contributed by atoms with Crippen molar-refractivity contribution in [3.05, 3.63) is 115 Å². The molecule has 38 heavy (non-hydrogen) atoms. The Morgan fingerprint density at radius 1 is 0.842 bits per heavy atom. The fourth-order valence-corrected chi connectivity index (χ4v) is 4.47. The Kier molecular flexibility index (Phi) is 8.55. The van der Waals surface area contributed by atoms with E-state index in [9.17, 15) is 5.11 Å². The Labute approximate surface area is 222 Å². The van der Waals surface area contributed by atoms with E-state index in [-0.39, 0.29) is 12.6 Å². The first kappa shape index (κ1) is 25.4. The van der Waals surface area contributed by atoms with Crippen LogP contribution in [0.1, 0.15) is 23.6 Å². The number of hydrogen-bond acceptors (Lipinski definition) is 7. The number of nitrogens with zero attached hydrogens (tertiary/aromatic N) is 4. The maximum atomic E-state index is 10.2. The number of imidazole rings is 1. The van der Waals surface area contributed by atoms with E-state index < -0.39 is 6.10 Å². The molecule has 8 nitrogen and oxygen atoms in total. The number of aliphatic hydroxyl groups excluding tert-OH is 1. The molecule has 0 aliphatic carbocycles. The minimum atomic E-state index is -0.431. The highest BCUT2D eigenvalue weighted by Gasteiger charge is 2.24. The molecule has 0 saturated heterocycles. The third-order valence-electron chi connectivity index (χ3n) is 6.39. The van der Waals surface area contributed by atoms with Crippen molar-refractivity contribution in [2.24, 2.45) is 0 Å². The first-order valence-corrected chi connectivity index (χ1v) is 12.9. The molecule has 5 aromatic rings. The quantitative estimate of drug-likeness (QED) is 0.200. The summed E-state index contributed by atoms with van der Waals surface area (Å²) in [6.07, 6.45) is 3.80. The summed E-state index contributed by atoms with van der Waals surface area (Å²) in [4.78, 5) is 13.5. The highest BCUT2D eigenvalue weighted by atomic mass is 16.5. The van der Waals surface area contributed by atoms with Crippen molar-refractivity contribution in [1.29, 1.82) is 0 Å². The van der Waals surface area contributed by atoms with Crippen LogP contribution in [0.15, 0.2) is 104 Å². The minimum absolute atomic E-state index is 0.108. The molecule has 8 heteroatoms. The highest BCUT2D eigenvalue weighted by Crippen LogP contribution is 2.23. The number of aromatic nitrogens is 4. The lowest BCUT2D eigenvalue weighted by atomic mass is 10.0. The molecular weight excluding hydrogens is 476 g/mol. The van der Waals surface area contributed by atoms with Gasteiger partial charge in [0.05, 0.1) is 19.0 Å². The van der Waals surface area contributed by atoms with Crippen LogP contribution in [0, 0.1) is 0 Å². The molecule has 2 aromatic heterocycles. The van der Waals surface area contributed by atoms with Gasteiger partial charge in [0.1, 0.15) is 23.7 Å². The largest absolute Gasteiger partial charge is 0.486 e. The Hall–Kier alpha value is -4.27. The maximum absolute atomic E-state index is 10.2. The molecule has 2 atom stereocenters. The summed E-state index contributed by atoms with van der Waals surface area (Å²) in [5, 5.41) is 17.2. The van der Waals surface area contributed by atoms with Crippen LogP contribution in [-0.4, -0.2) is 43.9 Å². The summed E-state index contributed by atoms with van der Waals surface area (Å²) in [5.41, 5.74) is 3.80. The first-order chi connectivity index (χ1) is 18.8. The molecule has 0 saturated carbocycles. The molecule has 0 spiro atoms. The van der Waals surface area contributed by atoms with Crippen molar-refractivity contribution in [2.45, 2.75) is 31.7 Å². The first-order valence-electron chi connectivity index (χ1n) is 12.9. The lowest BCUT2D eigenvalue weighted by Crippen LogP contribution is -2.39. The number of ether oxygens (including phenoxy) is 1. The van der Waals surface area contributed by atoms with Crippen LogP contribution in [0.5, 0.6) is 5.75 Å². The number of anilines is 1. The zero-order valence-corrected chi connectivity index (χ0v) is 21.1. The Bertz CT molecular complexity index is 1400. The van der Waals surface area contributed by atoms with E-state index in [1.807, 2.05) is 77.6 Å². The maximum Gasteiger partial charge on any atom is 0.165 e. The predicted octanol–water partition coefficient (Wildman–Crippen LogP) is 4.60. The summed E-state index contributed by atoms with van der Waals surface area (Å²) >= 11 is 0. The number of para-hydroxylation sites is 1. The van der Waals surface area contributed by atoms with Gasteiger partial charge < -0.3 is 25.0 Å². The zero-order valence-electron chi connectivity index (χ0n) is 21.1. The van der Waals surface area contributed by atoms with Crippen LogP contribution in [-0.2, 0) is 13.1 Å². The molecular formula is C30H32N6O2. The summed E-state index contributed by atoms with van der Waals surface area (Å²) in [7, 11) is 0. The average Bonchev–Trinajstić information content (AvgIpc) is 3.40. The summed E-state index contributed by atoms with van der Waals surface area (Å²) in [5.74, 6) is 1.46. The lowest BCUT2D eigenvalue weighted by Gasteiger charge is -2.28. The Morgan fingerprint density at radius 3 is 2.29 bits per heavy atom. The van der Waals surface area contributed by atoms with E-state index in [0.717, 1.165) is 47.8 Å². The fourth-order valence-electron chi connectivity index (χ4n) is 4.47. The van der Waals surface area contributed by atoms with Gasteiger partial charge in [-0.3, -0.25) is 0 Å². The van der Waals surface area contributed by atoms with Crippen LogP contribution in [0.25, 0.3) is 11.2 Å². The van der Waals surface area contributed by atoms with Gasteiger partial charge in [0.25, 0.3) is 0 Å². The molecule has 2 heterocycles. The number of benzene rings is 3. The number of rotatable bonds is 13. The monoisotopic (exact) mass is 508 g/mol. The molecule has 0 amide bonds. The van der Waals surface area contributed by atoms with Crippen molar-refractivity contribution in [1.82, 2.24) is 24.8 Å². The van der Waals surface area contributed by atoms with E-state index in [4.69, 9.17) is 4.74 Å². The fraction of sp³-hybridized carbons (Fsp3) is 0.233. The molecule has 0 aliphatic rings. The molecule has 0 bridgehead atoms. The topological polar surface area (TPSA) is 97.1 Å². The summed E-state index contributed by atoms with van der Waals surface area (Å²) in [6.45, 7) is 2.02. The summed E-state index contributed by atoms with van der Waals surface area (Å²) in [6, 6.07) is 29.7. The van der Waals surface area contributed by atoms with Gasteiger partial charge in [0, 0.05) is 13.1 Å². The minimum Gasteiger partial charge on any atom is -0.486 e. The third kappa shape index (κ3) is 6.34. The SMILES string of the molecule is OC[C@@H](Oc1ccccc1)[C@H](NCCCn1cnc2c(NCc3ccccc3)ncnc21)c1ccccc1. The van der Waals surface area contributed by atoms with E-state index in [1.165, 1.54) is 5.56 Å². The van der Waals surface area contributed by atoms with Crippen LogP contribution in [0.2, 0.25) is 0 Å². The van der Waals surface area contributed by atoms with Gasteiger partial charge in [-0.2, -0.15) is 0 Å².